The van der Waals surface area contributed by atoms with Crippen LogP contribution in [0.3, 0.4) is 0 Å². The molecule has 3 unspecified atom stereocenters. The van der Waals surface area contributed by atoms with Gasteiger partial charge in [0.15, 0.2) is 0 Å². The lowest BCUT2D eigenvalue weighted by Crippen LogP contribution is -2.52. The summed E-state index contributed by atoms with van der Waals surface area (Å²) in [6.07, 6.45) is 7.38. The van der Waals surface area contributed by atoms with Gasteiger partial charge in [-0.25, -0.2) is 4.79 Å². The van der Waals surface area contributed by atoms with Crippen molar-refractivity contribution in [3.05, 3.63) is 0 Å². The second-order valence-electron chi connectivity index (χ2n) is 6.36. The summed E-state index contributed by atoms with van der Waals surface area (Å²) >= 11 is 0. The van der Waals surface area contributed by atoms with Crippen molar-refractivity contribution in [2.24, 2.45) is 5.92 Å². The first-order chi connectivity index (χ1) is 9.56. The molecule has 0 spiro atoms. The highest BCUT2D eigenvalue weighted by molar-refractivity contribution is 5.76. The molecule has 0 bridgehead atoms. The van der Waals surface area contributed by atoms with Gasteiger partial charge in [-0.2, -0.15) is 0 Å². The molecule has 2 N–H and O–H groups in total. The minimum atomic E-state index is -0.819. The molecule has 114 valence electrons. The number of rotatable bonds is 3. The van der Waals surface area contributed by atoms with E-state index < -0.39 is 5.97 Å². The number of carbonyl (C=O) groups excluding carboxylic acids is 1. The highest BCUT2D eigenvalue weighted by atomic mass is 16.4. The Bertz CT molecular complexity index is 359. The van der Waals surface area contributed by atoms with E-state index in [2.05, 4.69) is 12.2 Å². The normalized spacial score (nSPS) is 30.9. The highest BCUT2D eigenvalue weighted by Crippen LogP contribution is 2.25. The van der Waals surface area contributed by atoms with Crippen molar-refractivity contribution >= 4 is 12.0 Å². The van der Waals surface area contributed by atoms with E-state index in [1.165, 1.54) is 12.8 Å². The fourth-order valence-corrected chi connectivity index (χ4v) is 3.50. The smallest absolute Gasteiger partial charge is 0.317 e. The molecule has 0 aromatic rings. The molecule has 1 aliphatic heterocycles. The van der Waals surface area contributed by atoms with Crippen molar-refractivity contribution in [2.45, 2.75) is 70.4 Å². The van der Waals surface area contributed by atoms with Crippen LogP contribution in [0.1, 0.15) is 58.3 Å². The first kappa shape index (κ1) is 15.1. The first-order valence-electron chi connectivity index (χ1n) is 7.85. The maximum Gasteiger partial charge on any atom is 0.317 e. The third-order valence-electron chi connectivity index (χ3n) is 4.56. The van der Waals surface area contributed by atoms with Gasteiger partial charge in [0.25, 0.3) is 0 Å². The zero-order valence-corrected chi connectivity index (χ0v) is 12.3. The second-order valence-corrected chi connectivity index (χ2v) is 6.36. The van der Waals surface area contributed by atoms with Gasteiger partial charge in [-0.15, -0.1) is 0 Å². The summed E-state index contributed by atoms with van der Waals surface area (Å²) in [5.74, 6) is -0.147. The maximum atomic E-state index is 12.4. The second kappa shape index (κ2) is 6.95. The summed E-state index contributed by atoms with van der Waals surface area (Å²) in [6, 6.07) is 0.0657. The Hall–Kier alpha value is -1.26. The number of nitrogens with zero attached hydrogens (tertiary/aromatic N) is 1. The highest BCUT2D eigenvalue weighted by Gasteiger charge is 2.30. The standard InChI is InChI=1S/C15H26N2O3/c1-11-5-4-6-12(9-11)16-15(20)17-8-3-2-7-13(17)10-14(18)19/h11-13H,2-10H2,1H3,(H,16,20)(H,18,19). The molecule has 1 saturated carbocycles. The zero-order chi connectivity index (χ0) is 14.5. The van der Waals surface area contributed by atoms with Crippen molar-refractivity contribution in [3.63, 3.8) is 0 Å². The van der Waals surface area contributed by atoms with Gasteiger partial charge in [0.05, 0.1) is 6.42 Å². The van der Waals surface area contributed by atoms with Gasteiger partial charge in [-0.3, -0.25) is 4.79 Å². The third-order valence-corrected chi connectivity index (χ3v) is 4.56. The average Bonchev–Trinajstić information content (AvgIpc) is 2.38. The summed E-state index contributed by atoms with van der Waals surface area (Å²) in [5, 5.41) is 12.1. The lowest BCUT2D eigenvalue weighted by atomic mass is 9.87. The molecule has 5 heteroatoms. The number of likely N-dealkylation sites (tertiary alicyclic amines) is 1. The Labute approximate surface area is 120 Å². The minimum Gasteiger partial charge on any atom is -0.481 e. The van der Waals surface area contributed by atoms with Crippen LogP contribution in [0.4, 0.5) is 4.79 Å². The van der Waals surface area contributed by atoms with E-state index in [-0.39, 0.29) is 24.5 Å². The van der Waals surface area contributed by atoms with Crippen LogP contribution in [0.15, 0.2) is 0 Å². The van der Waals surface area contributed by atoms with Gasteiger partial charge >= 0.3 is 12.0 Å². The van der Waals surface area contributed by atoms with Crippen LogP contribution < -0.4 is 5.32 Å². The molecule has 3 atom stereocenters. The summed E-state index contributed by atoms with van der Waals surface area (Å²) in [4.78, 5) is 25.0. The van der Waals surface area contributed by atoms with E-state index in [1.54, 1.807) is 4.90 Å². The predicted octanol–water partition coefficient (Wildman–Crippen LogP) is 2.60. The Morgan fingerprint density at radius 3 is 2.70 bits per heavy atom. The Kier molecular flexibility index (Phi) is 5.26. The Morgan fingerprint density at radius 2 is 2.00 bits per heavy atom. The molecule has 0 aromatic carbocycles. The predicted molar refractivity (Wildman–Crippen MR) is 76.5 cm³/mol. The number of amides is 2. The summed E-state index contributed by atoms with van der Waals surface area (Å²) < 4.78 is 0. The van der Waals surface area contributed by atoms with Crippen LogP contribution >= 0.6 is 0 Å². The number of carbonyl (C=O) groups is 2. The number of urea groups is 1. The number of nitrogens with one attached hydrogen (secondary N) is 1. The molecule has 1 saturated heterocycles. The molecule has 2 amide bonds. The number of carboxylic acid groups (broad SMARTS) is 1. The topological polar surface area (TPSA) is 69.6 Å². The van der Waals surface area contributed by atoms with E-state index in [9.17, 15) is 9.59 Å². The van der Waals surface area contributed by atoms with E-state index in [0.29, 0.717) is 12.5 Å². The molecular formula is C15H26N2O3. The first-order valence-corrected chi connectivity index (χ1v) is 7.85. The fraction of sp³-hybridized carbons (Fsp3) is 0.867. The van der Waals surface area contributed by atoms with Gasteiger partial charge in [-0.05, 0) is 38.0 Å². The van der Waals surface area contributed by atoms with Crippen molar-refractivity contribution in [1.29, 1.82) is 0 Å². The molecule has 2 aliphatic rings. The monoisotopic (exact) mass is 282 g/mol. The van der Waals surface area contributed by atoms with Gasteiger partial charge < -0.3 is 15.3 Å². The number of carboxylic acids is 1. The number of aliphatic carboxylic acids is 1. The third kappa shape index (κ3) is 4.12. The largest absolute Gasteiger partial charge is 0.481 e. The molecule has 20 heavy (non-hydrogen) atoms. The van der Waals surface area contributed by atoms with Crippen LogP contribution in [0.2, 0.25) is 0 Å². The molecule has 0 aromatic heterocycles. The number of hydrogen-bond acceptors (Lipinski definition) is 2. The lowest BCUT2D eigenvalue weighted by molar-refractivity contribution is -0.138. The van der Waals surface area contributed by atoms with Crippen LogP contribution in [0.5, 0.6) is 0 Å². The lowest BCUT2D eigenvalue weighted by Gasteiger charge is -2.37. The average molecular weight is 282 g/mol. The van der Waals surface area contributed by atoms with E-state index in [1.807, 2.05) is 0 Å². The van der Waals surface area contributed by atoms with Crippen LogP contribution in [-0.4, -0.2) is 40.6 Å². The maximum absolute atomic E-state index is 12.4. The van der Waals surface area contributed by atoms with Crippen molar-refractivity contribution in [3.8, 4) is 0 Å². The van der Waals surface area contributed by atoms with Crippen molar-refractivity contribution in [2.75, 3.05) is 6.54 Å². The van der Waals surface area contributed by atoms with Crippen molar-refractivity contribution in [1.82, 2.24) is 10.2 Å². The molecule has 2 fully saturated rings. The number of piperidine rings is 1. The molecule has 5 nitrogen and oxygen atoms in total. The molecular weight excluding hydrogens is 256 g/mol. The summed E-state index contributed by atoms with van der Waals surface area (Å²) in [6.45, 7) is 2.92. The van der Waals surface area contributed by atoms with Gasteiger partial charge in [0.2, 0.25) is 0 Å². The zero-order valence-electron chi connectivity index (χ0n) is 12.3. The quantitative estimate of drug-likeness (QED) is 0.836. The van der Waals surface area contributed by atoms with Gasteiger partial charge in [-0.1, -0.05) is 19.8 Å². The van der Waals surface area contributed by atoms with Crippen molar-refractivity contribution < 1.29 is 14.7 Å². The Morgan fingerprint density at radius 1 is 1.20 bits per heavy atom. The minimum absolute atomic E-state index is 0.0601. The van der Waals surface area contributed by atoms with E-state index in [4.69, 9.17) is 5.11 Å². The van der Waals surface area contributed by atoms with Crippen LogP contribution in [-0.2, 0) is 4.79 Å². The SMILES string of the molecule is CC1CCCC(NC(=O)N2CCCCC2CC(=O)O)C1. The molecule has 2 rings (SSSR count). The van der Waals surface area contributed by atoms with Crippen LogP contribution in [0.25, 0.3) is 0 Å². The fourth-order valence-electron chi connectivity index (χ4n) is 3.50. The van der Waals surface area contributed by atoms with Gasteiger partial charge in [0, 0.05) is 18.6 Å². The molecule has 1 heterocycles. The van der Waals surface area contributed by atoms with Crippen LogP contribution in [0, 0.1) is 5.92 Å². The van der Waals surface area contributed by atoms with Gasteiger partial charge in [0.1, 0.15) is 0 Å². The molecule has 0 radical (unpaired) electrons. The van der Waals surface area contributed by atoms with E-state index >= 15 is 0 Å². The number of hydrogen-bond donors (Lipinski definition) is 2. The summed E-state index contributed by atoms with van der Waals surface area (Å²) in [5.41, 5.74) is 0. The summed E-state index contributed by atoms with van der Waals surface area (Å²) in [7, 11) is 0. The Balaban J connectivity index is 1.90. The molecule has 1 aliphatic carbocycles. The van der Waals surface area contributed by atoms with E-state index in [0.717, 1.165) is 32.1 Å².